The third kappa shape index (κ3) is 3.15. The lowest BCUT2D eigenvalue weighted by molar-refractivity contribution is 0.873. The number of nitrogens with zero attached hydrogens (tertiary/aromatic N) is 3. The molecule has 0 aliphatic heterocycles. The van der Waals surface area contributed by atoms with Crippen LogP contribution in [0.25, 0.3) is 0 Å². The van der Waals surface area contributed by atoms with Crippen molar-refractivity contribution in [3.63, 3.8) is 0 Å². The van der Waals surface area contributed by atoms with E-state index in [9.17, 15) is 0 Å². The van der Waals surface area contributed by atoms with Gasteiger partial charge in [-0.05, 0) is 24.1 Å². The van der Waals surface area contributed by atoms with Crippen molar-refractivity contribution in [2.45, 2.75) is 19.9 Å². The maximum atomic E-state index is 5.99. The van der Waals surface area contributed by atoms with Crippen molar-refractivity contribution in [1.82, 2.24) is 9.97 Å². The van der Waals surface area contributed by atoms with E-state index < -0.39 is 0 Å². The quantitative estimate of drug-likeness (QED) is 0.933. The van der Waals surface area contributed by atoms with Gasteiger partial charge < -0.3 is 10.6 Å². The molecule has 2 aromatic rings. The minimum atomic E-state index is 0.547. The van der Waals surface area contributed by atoms with Crippen LogP contribution in [0.4, 0.5) is 11.6 Å². The second-order valence-electron chi connectivity index (χ2n) is 4.40. The summed E-state index contributed by atoms with van der Waals surface area (Å²) in [5.74, 6) is 1.42. The van der Waals surface area contributed by atoms with E-state index in [1.54, 1.807) is 0 Å². The highest BCUT2D eigenvalue weighted by Gasteiger charge is 2.12. The zero-order valence-corrected chi connectivity index (χ0v) is 11.9. The number of aromatic nitrogens is 2. The number of hydrogen-bond donors (Lipinski definition) is 1. The summed E-state index contributed by atoms with van der Waals surface area (Å²) in [6.07, 6.45) is 2.31. The van der Waals surface area contributed by atoms with Crippen LogP contribution in [0.1, 0.15) is 18.1 Å². The normalized spacial score (nSPS) is 10.5. The largest absolute Gasteiger partial charge is 0.383 e. The predicted molar refractivity (Wildman–Crippen MR) is 79.4 cm³/mol. The lowest BCUT2D eigenvalue weighted by Crippen LogP contribution is -2.20. The minimum Gasteiger partial charge on any atom is -0.383 e. The summed E-state index contributed by atoms with van der Waals surface area (Å²) >= 11 is 5.99. The first-order valence-corrected chi connectivity index (χ1v) is 6.54. The van der Waals surface area contributed by atoms with Crippen molar-refractivity contribution in [3.8, 4) is 0 Å². The molecule has 0 saturated heterocycles. The van der Waals surface area contributed by atoms with Gasteiger partial charge in [0.1, 0.15) is 18.0 Å². The van der Waals surface area contributed by atoms with Crippen molar-refractivity contribution in [2.24, 2.45) is 0 Å². The molecular weight excluding hydrogens is 260 g/mol. The summed E-state index contributed by atoms with van der Waals surface area (Å²) in [7, 11) is 1.99. The summed E-state index contributed by atoms with van der Waals surface area (Å²) in [6.45, 7) is 2.77. The third-order valence-electron chi connectivity index (χ3n) is 2.98. The Labute approximate surface area is 118 Å². The van der Waals surface area contributed by atoms with Crippen molar-refractivity contribution < 1.29 is 0 Å². The molecule has 1 heterocycles. The SMILES string of the molecule is CCc1c(N)ncnc1N(C)Cc1cccc(Cl)c1. The molecule has 0 radical (unpaired) electrons. The number of nitrogen functional groups attached to an aromatic ring is 1. The minimum absolute atomic E-state index is 0.547. The van der Waals surface area contributed by atoms with Crippen molar-refractivity contribution >= 4 is 23.2 Å². The predicted octanol–water partition coefficient (Wildman–Crippen LogP) is 2.91. The first-order valence-electron chi connectivity index (χ1n) is 6.16. The second kappa shape index (κ2) is 5.89. The van der Waals surface area contributed by atoms with Gasteiger partial charge in [-0.25, -0.2) is 9.97 Å². The van der Waals surface area contributed by atoms with Gasteiger partial charge >= 0.3 is 0 Å². The Morgan fingerprint density at radius 2 is 2.11 bits per heavy atom. The van der Waals surface area contributed by atoms with Crippen LogP contribution in [-0.4, -0.2) is 17.0 Å². The number of hydrogen-bond acceptors (Lipinski definition) is 4. The summed E-state index contributed by atoms with van der Waals surface area (Å²) in [4.78, 5) is 10.4. The fraction of sp³-hybridized carbons (Fsp3) is 0.286. The zero-order chi connectivity index (χ0) is 13.8. The topological polar surface area (TPSA) is 55.0 Å². The molecule has 0 unspecified atom stereocenters. The smallest absolute Gasteiger partial charge is 0.137 e. The lowest BCUT2D eigenvalue weighted by Gasteiger charge is -2.21. The number of nitrogens with two attached hydrogens (primary N) is 1. The lowest BCUT2D eigenvalue weighted by atomic mass is 10.2. The van der Waals surface area contributed by atoms with Gasteiger partial charge in [-0.1, -0.05) is 30.7 Å². The van der Waals surface area contributed by atoms with E-state index in [1.165, 1.54) is 6.33 Å². The molecule has 0 atom stereocenters. The molecule has 100 valence electrons. The first-order chi connectivity index (χ1) is 9.11. The summed E-state index contributed by atoms with van der Waals surface area (Å²) in [5.41, 5.74) is 8.00. The monoisotopic (exact) mass is 276 g/mol. The van der Waals surface area contributed by atoms with Gasteiger partial charge in [0.15, 0.2) is 0 Å². The van der Waals surface area contributed by atoms with Gasteiger partial charge in [-0.2, -0.15) is 0 Å². The van der Waals surface area contributed by atoms with E-state index in [0.29, 0.717) is 5.82 Å². The Bertz CT molecular complexity index is 571. The molecule has 0 amide bonds. The molecule has 4 nitrogen and oxygen atoms in total. The van der Waals surface area contributed by atoms with Crippen molar-refractivity contribution in [2.75, 3.05) is 17.7 Å². The molecule has 0 fully saturated rings. The van der Waals surface area contributed by atoms with Gasteiger partial charge in [-0.15, -0.1) is 0 Å². The molecule has 0 spiro atoms. The number of rotatable bonds is 4. The van der Waals surface area contributed by atoms with Crippen LogP contribution in [0.2, 0.25) is 5.02 Å². The van der Waals surface area contributed by atoms with Crippen LogP contribution in [0.5, 0.6) is 0 Å². The van der Waals surface area contributed by atoms with Gasteiger partial charge in [0.05, 0.1) is 0 Å². The maximum absolute atomic E-state index is 5.99. The number of anilines is 2. The van der Waals surface area contributed by atoms with Gasteiger partial charge in [0, 0.05) is 24.2 Å². The molecule has 2 N–H and O–H groups in total. The Kier molecular flexibility index (Phi) is 4.22. The molecule has 2 rings (SSSR count). The van der Waals surface area contributed by atoms with Crippen LogP contribution in [-0.2, 0) is 13.0 Å². The molecule has 0 bridgehead atoms. The molecule has 1 aromatic heterocycles. The Morgan fingerprint density at radius 1 is 1.32 bits per heavy atom. The first kappa shape index (κ1) is 13.6. The van der Waals surface area contributed by atoms with E-state index >= 15 is 0 Å². The molecule has 5 heteroatoms. The van der Waals surface area contributed by atoms with Crippen molar-refractivity contribution in [3.05, 3.63) is 46.7 Å². The molecule has 0 aliphatic carbocycles. The number of halogens is 1. The average Bonchev–Trinajstić information content (AvgIpc) is 2.38. The highest BCUT2D eigenvalue weighted by Crippen LogP contribution is 2.22. The van der Waals surface area contributed by atoms with Crippen LogP contribution in [0.3, 0.4) is 0 Å². The van der Waals surface area contributed by atoms with E-state index in [-0.39, 0.29) is 0 Å². The highest BCUT2D eigenvalue weighted by molar-refractivity contribution is 6.30. The summed E-state index contributed by atoms with van der Waals surface area (Å²) in [5, 5.41) is 0.740. The van der Waals surface area contributed by atoms with Crippen molar-refractivity contribution in [1.29, 1.82) is 0 Å². The van der Waals surface area contributed by atoms with E-state index in [1.807, 2.05) is 38.2 Å². The zero-order valence-electron chi connectivity index (χ0n) is 11.1. The molecule has 1 aromatic carbocycles. The molecule has 19 heavy (non-hydrogen) atoms. The second-order valence-corrected chi connectivity index (χ2v) is 4.84. The third-order valence-corrected chi connectivity index (χ3v) is 3.21. The fourth-order valence-corrected chi connectivity index (χ4v) is 2.28. The Balaban J connectivity index is 2.25. The van der Waals surface area contributed by atoms with E-state index in [0.717, 1.165) is 34.9 Å². The molecular formula is C14H17ClN4. The Hall–Kier alpha value is -1.81. The Morgan fingerprint density at radius 3 is 2.79 bits per heavy atom. The maximum Gasteiger partial charge on any atom is 0.137 e. The number of benzene rings is 1. The highest BCUT2D eigenvalue weighted by atomic mass is 35.5. The van der Waals surface area contributed by atoms with Crippen LogP contribution in [0, 0.1) is 0 Å². The van der Waals surface area contributed by atoms with Crippen LogP contribution in [0.15, 0.2) is 30.6 Å². The van der Waals surface area contributed by atoms with Gasteiger partial charge in [-0.3, -0.25) is 0 Å². The summed E-state index contributed by atoms with van der Waals surface area (Å²) < 4.78 is 0. The van der Waals surface area contributed by atoms with E-state index in [2.05, 4.69) is 14.9 Å². The molecule has 0 saturated carbocycles. The standard InChI is InChI=1S/C14H17ClN4/c1-3-12-13(16)17-9-18-14(12)19(2)8-10-5-4-6-11(15)7-10/h4-7,9H,3,8H2,1-2H3,(H2,16,17,18). The fourth-order valence-electron chi connectivity index (χ4n) is 2.07. The average molecular weight is 277 g/mol. The van der Waals surface area contributed by atoms with E-state index in [4.69, 9.17) is 17.3 Å². The van der Waals surface area contributed by atoms with Gasteiger partial charge in [0.2, 0.25) is 0 Å². The van der Waals surface area contributed by atoms with Crippen LogP contribution >= 0.6 is 11.6 Å². The van der Waals surface area contributed by atoms with Crippen LogP contribution < -0.4 is 10.6 Å². The van der Waals surface area contributed by atoms with Gasteiger partial charge in [0.25, 0.3) is 0 Å². The molecule has 0 aliphatic rings. The summed E-state index contributed by atoms with van der Waals surface area (Å²) in [6, 6.07) is 7.80.